The molecule has 2 N–H and O–H groups in total. The van der Waals surface area contributed by atoms with Crippen molar-refractivity contribution >= 4 is 29.9 Å². The highest BCUT2D eigenvalue weighted by atomic mass is 127. The second-order valence-electron chi connectivity index (χ2n) is 8.64. The minimum Gasteiger partial charge on any atom is -0.468 e. The van der Waals surface area contributed by atoms with Crippen molar-refractivity contribution in [3.63, 3.8) is 0 Å². The standard InChI is InChI=1S/C25H37N5O2.HI/c1-26-25(28-19-23(24-6-5-15-32-24)30-11-3-2-4-12-30)27-18-21-7-9-22(10-8-21)20-29-13-16-31-17-14-29;/h5-10,15,23H,2-4,11-14,16-20H2,1H3,(H2,26,27,28);1H. The summed E-state index contributed by atoms with van der Waals surface area (Å²) in [5.74, 6) is 1.83. The van der Waals surface area contributed by atoms with Crippen molar-refractivity contribution in [3.8, 4) is 0 Å². The topological polar surface area (TPSA) is 65.3 Å². The van der Waals surface area contributed by atoms with Crippen molar-refractivity contribution < 1.29 is 9.15 Å². The van der Waals surface area contributed by atoms with Gasteiger partial charge in [-0.05, 0) is 49.2 Å². The van der Waals surface area contributed by atoms with Crippen LogP contribution in [0.15, 0.2) is 52.1 Å². The van der Waals surface area contributed by atoms with Gasteiger partial charge in [-0.1, -0.05) is 30.7 Å². The van der Waals surface area contributed by atoms with Gasteiger partial charge in [-0.3, -0.25) is 14.8 Å². The Morgan fingerprint density at radius 3 is 2.36 bits per heavy atom. The SMILES string of the molecule is CN=C(NCc1ccc(CN2CCOCC2)cc1)NCC(c1ccco1)N1CCCCC1.I. The van der Waals surface area contributed by atoms with Gasteiger partial charge in [-0.2, -0.15) is 0 Å². The van der Waals surface area contributed by atoms with Crippen LogP contribution in [0.4, 0.5) is 0 Å². The van der Waals surface area contributed by atoms with Crippen LogP contribution in [0.2, 0.25) is 0 Å². The quantitative estimate of drug-likeness (QED) is 0.289. The fraction of sp³-hybridized carbons (Fsp3) is 0.560. The van der Waals surface area contributed by atoms with E-state index in [9.17, 15) is 0 Å². The highest BCUT2D eigenvalue weighted by Gasteiger charge is 2.24. The Morgan fingerprint density at radius 2 is 1.70 bits per heavy atom. The van der Waals surface area contributed by atoms with Crippen LogP contribution in [0.1, 0.15) is 42.2 Å². The summed E-state index contributed by atoms with van der Waals surface area (Å²) in [7, 11) is 1.82. The summed E-state index contributed by atoms with van der Waals surface area (Å²) in [6.07, 6.45) is 5.60. The number of nitrogens with one attached hydrogen (secondary N) is 2. The van der Waals surface area contributed by atoms with Gasteiger partial charge in [0.15, 0.2) is 5.96 Å². The van der Waals surface area contributed by atoms with Crippen molar-refractivity contribution in [1.82, 2.24) is 20.4 Å². The average molecular weight is 568 g/mol. The zero-order valence-electron chi connectivity index (χ0n) is 19.7. The Hall–Kier alpha value is -1.62. The van der Waals surface area contributed by atoms with Gasteiger partial charge in [0.2, 0.25) is 0 Å². The number of morpholine rings is 1. The molecule has 2 saturated heterocycles. The molecule has 2 fully saturated rings. The van der Waals surface area contributed by atoms with Crippen LogP contribution >= 0.6 is 24.0 Å². The lowest BCUT2D eigenvalue weighted by atomic mass is 10.1. The van der Waals surface area contributed by atoms with Crippen molar-refractivity contribution in [2.24, 2.45) is 4.99 Å². The molecule has 33 heavy (non-hydrogen) atoms. The predicted octanol–water partition coefficient (Wildman–Crippen LogP) is 3.62. The third-order valence-electron chi connectivity index (χ3n) is 6.38. The molecule has 2 aliphatic rings. The second-order valence-corrected chi connectivity index (χ2v) is 8.64. The first-order chi connectivity index (χ1) is 15.8. The number of halogens is 1. The molecule has 0 saturated carbocycles. The fourth-order valence-electron chi connectivity index (χ4n) is 4.50. The number of likely N-dealkylation sites (tertiary alicyclic amines) is 1. The molecule has 7 nitrogen and oxygen atoms in total. The number of guanidine groups is 1. The van der Waals surface area contributed by atoms with E-state index in [0.29, 0.717) is 0 Å². The molecule has 2 aliphatic heterocycles. The van der Waals surface area contributed by atoms with E-state index in [1.807, 2.05) is 13.1 Å². The molecule has 3 heterocycles. The molecule has 0 aliphatic carbocycles. The van der Waals surface area contributed by atoms with E-state index >= 15 is 0 Å². The van der Waals surface area contributed by atoms with Gasteiger partial charge in [0.05, 0.1) is 25.5 Å². The summed E-state index contributed by atoms with van der Waals surface area (Å²) in [5, 5.41) is 6.96. The molecule has 182 valence electrons. The molecular weight excluding hydrogens is 529 g/mol. The number of ether oxygens (including phenoxy) is 1. The smallest absolute Gasteiger partial charge is 0.191 e. The molecule has 0 bridgehead atoms. The summed E-state index contributed by atoms with van der Waals surface area (Å²) in [4.78, 5) is 9.39. The third-order valence-corrected chi connectivity index (χ3v) is 6.38. The minimum absolute atomic E-state index is 0. The van der Waals surface area contributed by atoms with E-state index in [2.05, 4.69) is 55.8 Å². The van der Waals surface area contributed by atoms with E-state index in [-0.39, 0.29) is 30.0 Å². The lowest BCUT2D eigenvalue weighted by Crippen LogP contribution is -2.44. The summed E-state index contributed by atoms with van der Waals surface area (Å²) in [5.41, 5.74) is 2.60. The van der Waals surface area contributed by atoms with Gasteiger partial charge in [0, 0.05) is 39.8 Å². The van der Waals surface area contributed by atoms with Crippen LogP contribution in [-0.4, -0.2) is 68.7 Å². The van der Waals surface area contributed by atoms with Crippen molar-refractivity contribution in [2.75, 3.05) is 53.0 Å². The van der Waals surface area contributed by atoms with E-state index in [4.69, 9.17) is 9.15 Å². The zero-order valence-corrected chi connectivity index (χ0v) is 22.0. The first kappa shape index (κ1) is 26.0. The fourth-order valence-corrected chi connectivity index (χ4v) is 4.50. The first-order valence-corrected chi connectivity index (χ1v) is 11.9. The second kappa shape index (κ2) is 13.9. The normalized spacial score (nSPS) is 19.0. The first-order valence-electron chi connectivity index (χ1n) is 11.9. The molecule has 2 aromatic rings. The molecule has 4 rings (SSSR count). The monoisotopic (exact) mass is 567 g/mol. The molecule has 1 unspecified atom stereocenters. The summed E-state index contributed by atoms with van der Waals surface area (Å²) in [6.45, 7) is 8.46. The third kappa shape index (κ3) is 7.98. The number of piperidine rings is 1. The molecule has 0 amide bonds. The van der Waals surface area contributed by atoms with Crippen LogP contribution in [-0.2, 0) is 17.8 Å². The lowest BCUT2D eigenvalue weighted by Gasteiger charge is -2.33. The number of rotatable bonds is 8. The molecule has 0 spiro atoms. The predicted molar refractivity (Wildman–Crippen MR) is 143 cm³/mol. The number of furan rings is 1. The maximum Gasteiger partial charge on any atom is 0.191 e. The van der Waals surface area contributed by atoms with Crippen molar-refractivity contribution in [3.05, 3.63) is 59.5 Å². The van der Waals surface area contributed by atoms with Gasteiger partial charge >= 0.3 is 0 Å². The molecule has 1 aromatic heterocycles. The van der Waals surface area contributed by atoms with Crippen molar-refractivity contribution in [1.29, 1.82) is 0 Å². The average Bonchev–Trinajstić information content (AvgIpc) is 3.38. The largest absolute Gasteiger partial charge is 0.468 e. The Labute approximate surface area is 215 Å². The zero-order chi connectivity index (χ0) is 22.0. The number of hydrogen-bond acceptors (Lipinski definition) is 5. The Balaban J connectivity index is 0.00000306. The summed E-state index contributed by atoms with van der Waals surface area (Å²) >= 11 is 0. The maximum absolute atomic E-state index is 5.76. The highest BCUT2D eigenvalue weighted by molar-refractivity contribution is 14.0. The molecule has 1 aromatic carbocycles. The Bertz CT molecular complexity index is 816. The minimum atomic E-state index is 0. The molecular formula is C25H38IN5O2. The van der Waals surface area contributed by atoms with Crippen LogP contribution < -0.4 is 10.6 Å². The number of aliphatic imine (C=N–C) groups is 1. The van der Waals surface area contributed by atoms with Gasteiger partial charge in [0.1, 0.15) is 5.76 Å². The van der Waals surface area contributed by atoms with Crippen molar-refractivity contribution in [2.45, 2.75) is 38.4 Å². The van der Waals surface area contributed by atoms with E-state index < -0.39 is 0 Å². The highest BCUT2D eigenvalue weighted by Crippen LogP contribution is 2.24. The van der Waals surface area contributed by atoms with Crippen LogP contribution in [0.25, 0.3) is 0 Å². The van der Waals surface area contributed by atoms with E-state index in [1.54, 1.807) is 6.26 Å². The Kier molecular flexibility index (Phi) is 11.0. The number of hydrogen-bond donors (Lipinski definition) is 2. The van der Waals surface area contributed by atoms with E-state index in [0.717, 1.165) is 70.7 Å². The molecule has 0 radical (unpaired) electrons. The summed E-state index contributed by atoms with van der Waals surface area (Å²) < 4.78 is 11.2. The number of nitrogens with zero attached hydrogens (tertiary/aromatic N) is 3. The van der Waals surface area contributed by atoms with Crippen LogP contribution in [0, 0.1) is 0 Å². The van der Waals surface area contributed by atoms with E-state index in [1.165, 1.54) is 30.4 Å². The Morgan fingerprint density at radius 1 is 0.970 bits per heavy atom. The lowest BCUT2D eigenvalue weighted by molar-refractivity contribution is 0.0342. The summed E-state index contributed by atoms with van der Waals surface area (Å²) in [6, 6.07) is 13.1. The van der Waals surface area contributed by atoms with Gasteiger partial charge < -0.3 is 19.8 Å². The van der Waals surface area contributed by atoms with Crippen LogP contribution in [0.5, 0.6) is 0 Å². The number of benzene rings is 1. The molecule has 1 atom stereocenters. The van der Waals surface area contributed by atoms with Crippen LogP contribution in [0.3, 0.4) is 0 Å². The van der Waals surface area contributed by atoms with Gasteiger partial charge in [0.25, 0.3) is 0 Å². The van der Waals surface area contributed by atoms with Gasteiger partial charge in [-0.25, -0.2) is 0 Å². The van der Waals surface area contributed by atoms with Gasteiger partial charge in [-0.15, -0.1) is 24.0 Å². The maximum atomic E-state index is 5.76. The molecule has 8 heteroatoms.